The van der Waals surface area contributed by atoms with E-state index in [4.69, 9.17) is 10.1 Å². The molecule has 1 aromatic carbocycles. The van der Waals surface area contributed by atoms with Crippen molar-refractivity contribution in [2.45, 2.75) is 18.7 Å². The van der Waals surface area contributed by atoms with Crippen LogP contribution in [0.5, 0.6) is 0 Å². The van der Waals surface area contributed by atoms with Gasteiger partial charge in [-0.05, 0) is 36.6 Å². The average Bonchev–Trinajstić information content (AvgIpc) is 2.07. The van der Waals surface area contributed by atoms with Gasteiger partial charge in [-0.3, -0.25) is 4.55 Å². The summed E-state index contributed by atoms with van der Waals surface area (Å²) in [6, 6.07) is 2.92. The largest absolute Gasteiger partial charge is 0.295 e. The molecule has 0 saturated heterocycles. The van der Waals surface area contributed by atoms with E-state index in [0.717, 1.165) is 0 Å². The molecule has 0 aliphatic heterocycles. The fourth-order valence-electron chi connectivity index (χ4n) is 1.29. The van der Waals surface area contributed by atoms with E-state index in [-0.39, 0.29) is 10.6 Å². The average molecular weight is 227 g/mol. The Kier molecular flexibility index (Phi) is 2.99. The molecule has 0 aliphatic carbocycles. The molecule has 0 bridgehead atoms. The highest BCUT2D eigenvalue weighted by atomic mass is 32.2. The Morgan fingerprint density at radius 1 is 1.40 bits per heavy atom. The third kappa shape index (κ3) is 2.47. The van der Waals surface area contributed by atoms with Gasteiger partial charge in [0.2, 0.25) is 0 Å². The summed E-state index contributed by atoms with van der Waals surface area (Å²) in [6.45, 7) is 3.28. The number of benzene rings is 1. The second-order valence-electron chi connectivity index (χ2n) is 3.09. The molecule has 0 radical (unpaired) electrons. The Balaban J connectivity index is 3.69. The summed E-state index contributed by atoms with van der Waals surface area (Å²) in [5.41, 5.74) is 9.39. The molecule has 0 fully saturated rings. The van der Waals surface area contributed by atoms with Gasteiger partial charge in [0.05, 0.1) is 5.69 Å². The number of hydrogen-bond donors (Lipinski definition) is 1. The zero-order valence-electron chi connectivity index (χ0n) is 8.17. The van der Waals surface area contributed by atoms with Crippen molar-refractivity contribution in [2.24, 2.45) is 5.11 Å². The summed E-state index contributed by atoms with van der Waals surface area (Å²) in [6.07, 6.45) is 0. The zero-order valence-corrected chi connectivity index (χ0v) is 8.98. The lowest BCUT2D eigenvalue weighted by molar-refractivity contribution is 0.483. The molecule has 0 amide bonds. The van der Waals surface area contributed by atoms with Gasteiger partial charge in [-0.2, -0.15) is 8.42 Å². The van der Waals surface area contributed by atoms with E-state index in [1.54, 1.807) is 19.9 Å². The zero-order chi connectivity index (χ0) is 11.6. The third-order valence-electron chi connectivity index (χ3n) is 1.83. The molecule has 0 saturated carbocycles. The first-order valence-electron chi connectivity index (χ1n) is 4.00. The van der Waals surface area contributed by atoms with Crippen molar-refractivity contribution in [1.82, 2.24) is 0 Å². The molecular weight excluding hydrogens is 218 g/mol. The Labute approximate surface area is 86.9 Å². The standard InChI is InChI=1S/C8H9N3O3S/c1-5-3-6(2)8(10-11-9)7(4-5)15(12,13)14/h3-4H,1-2H3,(H,12,13,14). The van der Waals surface area contributed by atoms with E-state index in [1.807, 2.05) is 0 Å². The molecule has 0 aromatic heterocycles. The second-order valence-corrected chi connectivity index (χ2v) is 4.48. The predicted molar refractivity (Wildman–Crippen MR) is 54.5 cm³/mol. The second kappa shape index (κ2) is 3.90. The number of nitrogens with zero attached hydrogens (tertiary/aromatic N) is 3. The molecule has 1 N–H and O–H groups in total. The highest BCUT2D eigenvalue weighted by Gasteiger charge is 2.16. The summed E-state index contributed by atoms with van der Waals surface area (Å²) in [5.74, 6) is 0. The minimum Gasteiger partial charge on any atom is -0.282 e. The molecule has 0 heterocycles. The van der Waals surface area contributed by atoms with Gasteiger partial charge >= 0.3 is 0 Å². The van der Waals surface area contributed by atoms with E-state index in [1.165, 1.54) is 6.07 Å². The van der Waals surface area contributed by atoms with Crippen LogP contribution in [-0.2, 0) is 10.1 Å². The molecule has 0 aliphatic rings. The van der Waals surface area contributed by atoms with Gasteiger partial charge in [0.15, 0.2) is 0 Å². The molecule has 1 aromatic rings. The Morgan fingerprint density at radius 3 is 2.47 bits per heavy atom. The van der Waals surface area contributed by atoms with Crippen LogP contribution in [0, 0.1) is 13.8 Å². The molecule has 80 valence electrons. The smallest absolute Gasteiger partial charge is 0.282 e. The molecule has 0 spiro atoms. The lowest BCUT2D eigenvalue weighted by atomic mass is 10.1. The maximum Gasteiger partial charge on any atom is 0.295 e. The predicted octanol–water partition coefficient (Wildman–Crippen LogP) is 2.49. The van der Waals surface area contributed by atoms with E-state index in [0.29, 0.717) is 11.1 Å². The van der Waals surface area contributed by atoms with Crippen LogP contribution in [0.15, 0.2) is 22.1 Å². The number of hydrogen-bond acceptors (Lipinski definition) is 3. The Morgan fingerprint density at radius 2 is 2.00 bits per heavy atom. The van der Waals surface area contributed by atoms with Crippen LogP contribution in [-0.4, -0.2) is 13.0 Å². The van der Waals surface area contributed by atoms with Gasteiger partial charge < -0.3 is 0 Å². The van der Waals surface area contributed by atoms with Crippen LogP contribution >= 0.6 is 0 Å². The van der Waals surface area contributed by atoms with Gasteiger partial charge in [-0.15, -0.1) is 0 Å². The van der Waals surface area contributed by atoms with Crippen LogP contribution in [0.4, 0.5) is 5.69 Å². The van der Waals surface area contributed by atoms with Crippen molar-refractivity contribution in [3.63, 3.8) is 0 Å². The molecule has 1 rings (SSSR count). The number of aryl methyl sites for hydroxylation is 2. The van der Waals surface area contributed by atoms with Gasteiger partial charge in [-0.1, -0.05) is 11.2 Å². The number of azide groups is 1. The summed E-state index contributed by atoms with van der Waals surface area (Å²) in [5, 5.41) is 3.26. The fourth-order valence-corrected chi connectivity index (χ4v) is 2.07. The fraction of sp³-hybridized carbons (Fsp3) is 0.250. The van der Waals surface area contributed by atoms with Crippen molar-refractivity contribution < 1.29 is 13.0 Å². The van der Waals surface area contributed by atoms with Crippen LogP contribution in [0.1, 0.15) is 11.1 Å². The minimum atomic E-state index is -4.37. The van der Waals surface area contributed by atoms with E-state index in [2.05, 4.69) is 10.0 Å². The first-order chi connectivity index (χ1) is 6.86. The van der Waals surface area contributed by atoms with E-state index in [9.17, 15) is 8.42 Å². The normalized spacial score (nSPS) is 10.9. The van der Waals surface area contributed by atoms with Crippen LogP contribution < -0.4 is 0 Å². The highest BCUT2D eigenvalue weighted by Crippen LogP contribution is 2.29. The number of rotatable bonds is 2. The summed E-state index contributed by atoms with van der Waals surface area (Å²) < 4.78 is 30.9. The van der Waals surface area contributed by atoms with Gasteiger partial charge in [0.25, 0.3) is 10.1 Å². The molecule has 7 heteroatoms. The highest BCUT2D eigenvalue weighted by molar-refractivity contribution is 7.86. The molecule has 0 atom stereocenters. The SMILES string of the molecule is Cc1cc(C)c(N=[N+]=[N-])c(S(=O)(=O)O)c1. The molecular formula is C8H9N3O3S. The minimum absolute atomic E-state index is 0.0643. The van der Waals surface area contributed by atoms with Crippen molar-refractivity contribution in [3.8, 4) is 0 Å². The third-order valence-corrected chi connectivity index (χ3v) is 2.70. The topological polar surface area (TPSA) is 103 Å². The van der Waals surface area contributed by atoms with Crippen LogP contribution in [0.3, 0.4) is 0 Å². The summed E-state index contributed by atoms with van der Waals surface area (Å²) >= 11 is 0. The maximum absolute atomic E-state index is 11.0. The monoisotopic (exact) mass is 227 g/mol. The van der Waals surface area contributed by atoms with Gasteiger partial charge in [0.1, 0.15) is 4.90 Å². The lowest BCUT2D eigenvalue weighted by Gasteiger charge is -2.06. The first kappa shape index (κ1) is 11.5. The summed E-state index contributed by atoms with van der Waals surface area (Å²) in [4.78, 5) is 2.16. The lowest BCUT2D eigenvalue weighted by Crippen LogP contribution is -2.00. The van der Waals surface area contributed by atoms with Crippen molar-refractivity contribution >= 4 is 15.8 Å². The van der Waals surface area contributed by atoms with E-state index >= 15 is 0 Å². The Bertz CT molecular complexity index is 544. The molecule has 6 nitrogen and oxygen atoms in total. The molecule has 15 heavy (non-hydrogen) atoms. The summed E-state index contributed by atoms with van der Waals surface area (Å²) in [7, 11) is -4.37. The van der Waals surface area contributed by atoms with E-state index < -0.39 is 10.1 Å². The first-order valence-corrected chi connectivity index (χ1v) is 5.44. The van der Waals surface area contributed by atoms with Crippen molar-refractivity contribution in [2.75, 3.05) is 0 Å². The van der Waals surface area contributed by atoms with Gasteiger partial charge in [0, 0.05) is 4.91 Å². The van der Waals surface area contributed by atoms with Gasteiger partial charge in [-0.25, -0.2) is 0 Å². The quantitative estimate of drug-likeness (QED) is 0.363. The van der Waals surface area contributed by atoms with Crippen molar-refractivity contribution in [1.29, 1.82) is 0 Å². The molecule has 0 unspecified atom stereocenters. The van der Waals surface area contributed by atoms with Crippen LogP contribution in [0.25, 0.3) is 10.4 Å². The van der Waals surface area contributed by atoms with Crippen LogP contribution in [0.2, 0.25) is 0 Å². The van der Waals surface area contributed by atoms with Crippen molar-refractivity contribution in [3.05, 3.63) is 33.7 Å². The maximum atomic E-state index is 11.0. The Hall–Kier alpha value is -1.56.